The molecule has 2 aromatic heterocycles. The van der Waals surface area contributed by atoms with Crippen LogP contribution in [0.4, 0.5) is 39.6 Å². The first-order chi connectivity index (χ1) is 21.9. The van der Waals surface area contributed by atoms with Gasteiger partial charge in [0.05, 0.1) is 38.7 Å². The molecule has 234 valence electrons. The molecule has 0 bridgehead atoms. The SMILES string of the molecule is COc1cc(C2CC(c3ccc(F)cc3)=Nc3c(N)nc(N)nc3N2)ccc1Oc1nc(NCCO)nc(N2CCOCC2)n1. The van der Waals surface area contributed by atoms with E-state index in [0.717, 1.165) is 11.1 Å². The number of hydrogen-bond acceptors (Lipinski definition) is 15. The average Bonchev–Trinajstić information content (AvgIpc) is 3.25. The molecular formula is C29H32FN11O4. The molecule has 16 heteroatoms. The zero-order valence-corrected chi connectivity index (χ0v) is 24.4. The molecule has 0 amide bonds. The summed E-state index contributed by atoms with van der Waals surface area (Å²) in [5.41, 5.74) is 14.6. The second-order valence-corrected chi connectivity index (χ2v) is 10.1. The molecule has 6 rings (SSSR count). The van der Waals surface area contributed by atoms with E-state index in [4.69, 9.17) is 30.7 Å². The Morgan fingerprint density at radius 3 is 2.60 bits per heavy atom. The van der Waals surface area contributed by atoms with Crippen molar-refractivity contribution in [2.45, 2.75) is 12.5 Å². The Hall–Kier alpha value is -5.35. The highest BCUT2D eigenvalue weighted by Crippen LogP contribution is 2.40. The number of hydrogen-bond donors (Lipinski definition) is 5. The average molecular weight is 618 g/mol. The molecule has 1 fully saturated rings. The molecule has 0 radical (unpaired) electrons. The first kappa shape index (κ1) is 29.7. The first-order valence-corrected chi connectivity index (χ1v) is 14.2. The van der Waals surface area contributed by atoms with Gasteiger partial charge in [-0.2, -0.15) is 24.9 Å². The monoisotopic (exact) mass is 617 g/mol. The third-order valence-corrected chi connectivity index (χ3v) is 7.14. The number of rotatable bonds is 9. The third kappa shape index (κ3) is 6.76. The molecule has 4 heterocycles. The second-order valence-electron chi connectivity index (χ2n) is 10.1. The number of nitrogens with one attached hydrogen (secondary N) is 2. The van der Waals surface area contributed by atoms with Gasteiger partial charge in [-0.05, 0) is 35.4 Å². The van der Waals surface area contributed by atoms with Gasteiger partial charge >= 0.3 is 6.01 Å². The number of nitrogens with two attached hydrogens (primary N) is 2. The number of aliphatic hydroxyl groups excluding tert-OH is 1. The minimum Gasteiger partial charge on any atom is -0.493 e. The maximum absolute atomic E-state index is 13.7. The predicted octanol–water partition coefficient (Wildman–Crippen LogP) is 2.68. The minimum atomic E-state index is -0.369. The molecule has 1 atom stereocenters. The number of halogens is 1. The summed E-state index contributed by atoms with van der Waals surface area (Å²) >= 11 is 0. The Bertz CT molecular complexity index is 1700. The van der Waals surface area contributed by atoms with Crippen molar-refractivity contribution in [3.63, 3.8) is 0 Å². The van der Waals surface area contributed by atoms with Crippen LogP contribution in [0, 0.1) is 5.82 Å². The predicted molar refractivity (Wildman–Crippen MR) is 166 cm³/mol. The van der Waals surface area contributed by atoms with Gasteiger partial charge in [-0.3, -0.25) is 0 Å². The fourth-order valence-electron chi connectivity index (χ4n) is 4.94. The Labute approximate surface area is 257 Å². The molecule has 2 aliphatic rings. The standard InChI is InChI=1S/C29H32FN11O4/c1-43-22-14-17(4-7-21(22)45-29-39-27(33-8-11-42)38-28(40-29)41-9-12-44-13-10-41)20-15-19(16-2-5-18(30)6-3-16)34-23-24(31)36-26(32)37-25(23)35-20/h2-7,14,20,42H,8-13,15H2,1H3,(H,33,38,39,40)(H5,31,32,35,36,37). The molecule has 15 nitrogen and oxygen atoms in total. The number of morpholine rings is 1. The van der Waals surface area contributed by atoms with Gasteiger partial charge in [0.25, 0.3) is 0 Å². The largest absolute Gasteiger partial charge is 0.493 e. The maximum atomic E-state index is 13.7. The summed E-state index contributed by atoms with van der Waals surface area (Å²) in [6.45, 7) is 2.49. The number of aliphatic hydroxyl groups is 1. The van der Waals surface area contributed by atoms with Crippen LogP contribution in [-0.4, -0.2) is 82.3 Å². The number of anilines is 5. The van der Waals surface area contributed by atoms with Crippen molar-refractivity contribution in [2.24, 2.45) is 4.99 Å². The highest BCUT2D eigenvalue weighted by Gasteiger charge is 2.26. The van der Waals surface area contributed by atoms with E-state index < -0.39 is 0 Å². The van der Waals surface area contributed by atoms with E-state index in [1.807, 2.05) is 17.0 Å². The summed E-state index contributed by atoms with van der Waals surface area (Å²) in [7, 11) is 1.53. The second kappa shape index (κ2) is 13.1. The Morgan fingerprint density at radius 2 is 1.84 bits per heavy atom. The van der Waals surface area contributed by atoms with Crippen molar-refractivity contribution in [1.82, 2.24) is 24.9 Å². The lowest BCUT2D eigenvalue weighted by molar-refractivity contribution is 0.122. The van der Waals surface area contributed by atoms with E-state index in [1.54, 1.807) is 18.2 Å². The number of aromatic nitrogens is 5. The molecule has 0 saturated carbocycles. The number of nitrogen functional groups attached to an aromatic ring is 2. The lowest BCUT2D eigenvalue weighted by Crippen LogP contribution is -2.37. The summed E-state index contributed by atoms with van der Waals surface area (Å²) in [5, 5.41) is 15.6. The zero-order valence-electron chi connectivity index (χ0n) is 24.4. The van der Waals surface area contributed by atoms with Crippen LogP contribution < -0.4 is 36.5 Å². The van der Waals surface area contributed by atoms with E-state index in [0.29, 0.717) is 67.4 Å². The van der Waals surface area contributed by atoms with Gasteiger partial charge in [0.2, 0.25) is 17.8 Å². The lowest BCUT2D eigenvalue weighted by Gasteiger charge is -2.27. The number of aliphatic imine (C=N–C) groups is 1. The van der Waals surface area contributed by atoms with Crippen LogP contribution in [-0.2, 0) is 4.74 Å². The number of fused-ring (bicyclic) bond motifs is 1. The normalized spacial score (nSPS) is 16.2. The maximum Gasteiger partial charge on any atom is 0.328 e. The van der Waals surface area contributed by atoms with Crippen LogP contribution in [0.3, 0.4) is 0 Å². The fourth-order valence-corrected chi connectivity index (χ4v) is 4.94. The van der Waals surface area contributed by atoms with E-state index in [2.05, 4.69) is 35.6 Å². The summed E-state index contributed by atoms with van der Waals surface area (Å²) < 4.78 is 31.0. The van der Waals surface area contributed by atoms with Gasteiger partial charge in [-0.1, -0.05) is 18.2 Å². The van der Waals surface area contributed by atoms with Crippen LogP contribution >= 0.6 is 0 Å². The molecule has 45 heavy (non-hydrogen) atoms. The van der Waals surface area contributed by atoms with Gasteiger partial charge in [-0.15, -0.1) is 0 Å². The van der Waals surface area contributed by atoms with E-state index >= 15 is 0 Å². The summed E-state index contributed by atoms with van der Waals surface area (Å²) in [6.07, 6.45) is 0.390. The lowest BCUT2D eigenvalue weighted by atomic mass is 9.97. The van der Waals surface area contributed by atoms with Crippen molar-refractivity contribution in [2.75, 3.05) is 73.6 Å². The third-order valence-electron chi connectivity index (χ3n) is 7.14. The number of benzene rings is 2. The molecule has 4 aromatic rings. The van der Waals surface area contributed by atoms with Gasteiger partial charge < -0.3 is 46.3 Å². The number of nitrogens with zero attached hydrogens (tertiary/aromatic N) is 7. The molecule has 7 N–H and O–H groups in total. The van der Waals surface area contributed by atoms with Gasteiger partial charge in [0, 0.05) is 26.1 Å². The zero-order chi connectivity index (χ0) is 31.3. The number of methoxy groups -OCH3 is 1. The van der Waals surface area contributed by atoms with Crippen molar-refractivity contribution in [3.05, 3.63) is 59.4 Å². The van der Waals surface area contributed by atoms with Crippen LogP contribution in [0.25, 0.3) is 0 Å². The quantitative estimate of drug-likeness (QED) is 0.183. The smallest absolute Gasteiger partial charge is 0.328 e. The molecule has 2 aromatic carbocycles. The Balaban J connectivity index is 1.32. The van der Waals surface area contributed by atoms with Crippen LogP contribution in [0.15, 0.2) is 47.5 Å². The Morgan fingerprint density at radius 1 is 1.04 bits per heavy atom. The first-order valence-electron chi connectivity index (χ1n) is 14.2. The van der Waals surface area contributed by atoms with Gasteiger partial charge in [-0.25, -0.2) is 9.38 Å². The fraction of sp³-hybridized carbons (Fsp3) is 0.310. The molecule has 0 spiro atoms. The highest BCUT2D eigenvalue weighted by molar-refractivity contribution is 6.04. The van der Waals surface area contributed by atoms with Crippen LogP contribution in [0.5, 0.6) is 17.5 Å². The van der Waals surface area contributed by atoms with Crippen molar-refractivity contribution < 1.29 is 23.7 Å². The van der Waals surface area contributed by atoms with E-state index in [1.165, 1.54) is 19.2 Å². The van der Waals surface area contributed by atoms with Gasteiger partial charge in [0.15, 0.2) is 23.1 Å². The highest BCUT2D eigenvalue weighted by atomic mass is 19.1. The Kier molecular flexibility index (Phi) is 8.65. The van der Waals surface area contributed by atoms with E-state index in [9.17, 15) is 9.50 Å². The van der Waals surface area contributed by atoms with Gasteiger partial charge in [0.1, 0.15) is 11.5 Å². The molecule has 0 aliphatic carbocycles. The van der Waals surface area contributed by atoms with Crippen LogP contribution in [0.1, 0.15) is 23.6 Å². The van der Waals surface area contributed by atoms with Crippen molar-refractivity contribution in [1.29, 1.82) is 0 Å². The molecule has 1 saturated heterocycles. The minimum absolute atomic E-state index is 0.000841. The summed E-state index contributed by atoms with van der Waals surface area (Å²) in [6, 6.07) is 11.2. The topological polar surface area (TPSA) is 204 Å². The van der Waals surface area contributed by atoms with Crippen molar-refractivity contribution >= 4 is 40.9 Å². The molecule has 1 unspecified atom stereocenters. The summed E-state index contributed by atoms with van der Waals surface area (Å²) in [5.74, 6) is 1.60. The molecule has 2 aliphatic heterocycles. The number of ether oxygens (including phenoxy) is 3. The molecular weight excluding hydrogens is 585 g/mol. The summed E-state index contributed by atoms with van der Waals surface area (Å²) in [4.78, 5) is 28.5. The van der Waals surface area contributed by atoms with Crippen LogP contribution in [0.2, 0.25) is 0 Å². The van der Waals surface area contributed by atoms with E-state index in [-0.39, 0.29) is 48.7 Å². The van der Waals surface area contributed by atoms with Crippen molar-refractivity contribution in [3.8, 4) is 17.5 Å².